The van der Waals surface area contributed by atoms with Gasteiger partial charge in [0.05, 0.1) is 11.0 Å². The van der Waals surface area contributed by atoms with Crippen LogP contribution in [0.25, 0.3) is 22.4 Å². The first-order valence-corrected chi connectivity index (χ1v) is 6.31. The van der Waals surface area contributed by atoms with Gasteiger partial charge in [-0.1, -0.05) is 6.07 Å². The summed E-state index contributed by atoms with van der Waals surface area (Å²) in [7, 11) is 0. The summed E-state index contributed by atoms with van der Waals surface area (Å²) in [5.74, 6) is 1.13. The highest BCUT2D eigenvalue weighted by Gasteiger charge is 2.10. The molecule has 0 aliphatic carbocycles. The molecule has 0 saturated heterocycles. The molecule has 0 saturated carbocycles. The number of nitrogens with zero attached hydrogens (tertiary/aromatic N) is 1. The van der Waals surface area contributed by atoms with Gasteiger partial charge in [-0.2, -0.15) is 0 Å². The number of phenolic OH excluding ortho intramolecular Hbond substituents is 1. The summed E-state index contributed by atoms with van der Waals surface area (Å²) in [6.45, 7) is 6.13. The van der Waals surface area contributed by atoms with Crippen LogP contribution in [0, 0.1) is 20.8 Å². The van der Waals surface area contributed by atoms with E-state index in [0.29, 0.717) is 0 Å². The van der Waals surface area contributed by atoms with Crippen molar-refractivity contribution >= 4 is 11.0 Å². The van der Waals surface area contributed by atoms with Crippen molar-refractivity contribution in [3.63, 3.8) is 0 Å². The molecule has 3 rings (SSSR count). The molecular weight excluding hydrogens is 236 g/mol. The van der Waals surface area contributed by atoms with Crippen molar-refractivity contribution in [2.45, 2.75) is 20.8 Å². The van der Waals surface area contributed by atoms with Crippen LogP contribution in [-0.4, -0.2) is 15.1 Å². The number of phenols is 1. The monoisotopic (exact) mass is 252 g/mol. The molecule has 2 aromatic carbocycles. The number of aryl methyl sites for hydroxylation is 3. The van der Waals surface area contributed by atoms with E-state index in [1.54, 1.807) is 12.1 Å². The molecule has 0 radical (unpaired) electrons. The van der Waals surface area contributed by atoms with Gasteiger partial charge >= 0.3 is 0 Å². The predicted molar refractivity (Wildman–Crippen MR) is 77.4 cm³/mol. The Morgan fingerprint density at radius 1 is 1.00 bits per heavy atom. The number of benzene rings is 2. The summed E-state index contributed by atoms with van der Waals surface area (Å²) in [6.07, 6.45) is 0. The highest BCUT2D eigenvalue weighted by atomic mass is 16.3. The van der Waals surface area contributed by atoms with Gasteiger partial charge in [0.15, 0.2) is 0 Å². The van der Waals surface area contributed by atoms with Crippen molar-refractivity contribution in [3.8, 4) is 17.1 Å². The van der Waals surface area contributed by atoms with Crippen LogP contribution in [0.1, 0.15) is 16.7 Å². The van der Waals surface area contributed by atoms with Gasteiger partial charge in [0.2, 0.25) is 0 Å². The standard InChI is InChI=1S/C16H16N2O/c1-9-6-11(3)15-14(7-9)17-16(18-15)13-5-4-12(19)8-10(13)2/h4-8,19H,1-3H3,(H,17,18). The Bertz CT molecular complexity index is 772. The number of imidazole rings is 1. The maximum absolute atomic E-state index is 9.47. The third-order valence-electron chi connectivity index (χ3n) is 3.39. The number of fused-ring (bicyclic) bond motifs is 1. The molecule has 0 spiro atoms. The quantitative estimate of drug-likeness (QED) is 0.691. The van der Waals surface area contributed by atoms with E-state index in [1.807, 2.05) is 13.0 Å². The summed E-state index contributed by atoms with van der Waals surface area (Å²) < 4.78 is 0. The Morgan fingerprint density at radius 2 is 1.79 bits per heavy atom. The van der Waals surface area contributed by atoms with Gasteiger partial charge in [-0.15, -0.1) is 0 Å². The van der Waals surface area contributed by atoms with E-state index in [2.05, 4.69) is 35.9 Å². The maximum Gasteiger partial charge on any atom is 0.138 e. The summed E-state index contributed by atoms with van der Waals surface area (Å²) >= 11 is 0. The third-order valence-corrected chi connectivity index (χ3v) is 3.39. The average Bonchev–Trinajstić information content (AvgIpc) is 2.72. The third kappa shape index (κ3) is 1.97. The van der Waals surface area contributed by atoms with Gasteiger partial charge in [-0.25, -0.2) is 4.98 Å². The molecule has 3 nitrogen and oxygen atoms in total. The smallest absolute Gasteiger partial charge is 0.138 e. The highest BCUT2D eigenvalue weighted by Crippen LogP contribution is 2.27. The average molecular weight is 252 g/mol. The molecule has 0 fully saturated rings. The first-order chi connectivity index (χ1) is 9.04. The number of hydrogen-bond donors (Lipinski definition) is 2. The minimum atomic E-state index is 0.282. The molecule has 0 amide bonds. The van der Waals surface area contributed by atoms with Crippen molar-refractivity contribution < 1.29 is 5.11 Å². The first kappa shape index (κ1) is 11.8. The topological polar surface area (TPSA) is 48.9 Å². The van der Waals surface area contributed by atoms with E-state index in [4.69, 9.17) is 0 Å². The van der Waals surface area contributed by atoms with E-state index in [9.17, 15) is 5.11 Å². The largest absolute Gasteiger partial charge is 0.508 e. The van der Waals surface area contributed by atoms with Crippen molar-refractivity contribution in [1.29, 1.82) is 0 Å². The van der Waals surface area contributed by atoms with Crippen molar-refractivity contribution in [3.05, 3.63) is 47.0 Å². The maximum atomic E-state index is 9.47. The fourth-order valence-electron chi connectivity index (χ4n) is 2.51. The van der Waals surface area contributed by atoms with Crippen LogP contribution in [0.3, 0.4) is 0 Å². The Morgan fingerprint density at radius 3 is 2.53 bits per heavy atom. The number of nitrogens with one attached hydrogen (secondary N) is 1. The molecule has 1 aromatic heterocycles. The van der Waals surface area contributed by atoms with Crippen molar-refractivity contribution in [2.75, 3.05) is 0 Å². The zero-order valence-corrected chi connectivity index (χ0v) is 11.3. The van der Waals surface area contributed by atoms with Crippen LogP contribution in [0.2, 0.25) is 0 Å². The highest BCUT2D eigenvalue weighted by molar-refractivity contribution is 5.83. The lowest BCUT2D eigenvalue weighted by atomic mass is 10.1. The Kier molecular flexibility index (Phi) is 2.56. The summed E-state index contributed by atoms with van der Waals surface area (Å²) in [4.78, 5) is 8.04. The van der Waals surface area contributed by atoms with Crippen LogP contribution >= 0.6 is 0 Å². The number of aromatic amines is 1. The molecule has 0 aliphatic rings. The SMILES string of the molecule is Cc1cc(C)c2nc(-c3ccc(O)cc3C)[nH]c2c1. The van der Waals surface area contributed by atoms with E-state index >= 15 is 0 Å². The van der Waals surface area contributed by atoms with Crippen LogP contribution in [0.4, 0.5) is 0 Å². The van der Waals surface area contributed by atoms with Gasteiger partial charge in [0.25, 0.3) is 0 Å². The minimum absolute atomic E-state index is 0.282. The molecule has 0 unspecified atom stereocenters. The number of rotatable bonds is 1. The normalized spacial score (nSPS) is 11.1. The van der Waals surface area contributed by atoms with Gasteiger partial charge in [-0.05, 0) is 61.7 Å². The lowest BCUT2D eigenvalue weighted by Crippen LogP contribution is -1.84. The van der Waals surface area contributed by atoms with E-state index in [0.717, 1.165) is 28.0 Å². The minimum Gasteiger partial charge on any atom is -0.508 e. The Hall–Kier alpha value is -2.29. The molecule has 19 heavy (non-hydrogen) atoms. The van der Waals surface area contributed by atoms with Gasteiger partial charge in [0.1, 0.15) is 11.6 Å². The van der Waals surface area contributed by atoms with Crippen LogP contribution < -0.4 is 0 Å². The lowest BCUT2D eigenvalue weighted by molar-refractivity contribution is 0.475. The molecule has 1 heterocycles. The molecule has 3 aromatic rings. The van der Waals surface area contributed by atoms with E-state index < -0.39 is 0 Å². The molecule has 96 valence electrons. The van der Waals surface area contributed by atoms with E-state index in [1.165, 1.54) is 11.1 Å². The molecular formula is C16H16N2O. The zero-order chi connectivity index (χ0) is 13.6. The number of hydrogen-bond acceptors (Lipinski definition) is 2. The molecule has 0 bridgehead atoms. The Labute approximate surface area is 111 Å². The zero-order valence-electron chi connectivity index (χ0n) is 11.3. The molecule has 2 N–H and O–H groups in total. The Balaban J connectivity index is 2.23. The summed E-state index contributed by atoms with van der Waals surface area (Å²) in [5, 5.41) is 9.47. The van der Waals surface area contributed by atoms with Gasteiger partial charge in [-0.3, -0.25) is 0 Å². The van der Waals surface area contributed by atoms with Gasteiger partial charge in [0, 0.05) is 5.56 Å². The van der Waals surface area contributed by atoms with Crippen LogP contribution in [-0.2, 0) is 0 Å². The first-order valence-electron chi connectivity index (χ1n) is 6.31. The van der Waals surface area contributed by atoms with Crippen LogP contribution in [0.15, 0.2) is 30.3 Å². The molecule has 0 atom stereocenters. The summed E-state index contributed by atoms with van der Waals surface area (Å²) in [5.41, 5.74) is 6.49. The second kappa shape index (κ2) is 4.12. The second-order valence-electron chi connectivity index (χ2n) is 5.06. The number of aromatic hydroxyl groups is 1. The van der Waals surface area contributed by atoms with E-state index in [-0.39, 0.29) is 5.75 Å². The lowest BCUT2D eigenvalue weighted by Gasteiger charge is -2.02. The fraction of sp³-hybridized carbons (Fsp3) is 0.188. The number of H-pyrrole nitrogens is 1. The van der Waals surface area contributed by atoms with Crippen molar-refractivity contribution in [1.82, 2.24) is 9.97 Å². The number of aromatic nitrogens is 2. The fourth-order valence-corrected chi connectivity index (χ4v) is 2.51. The second-order valence-corrected chi connectivity index (χ2v) is 5.06. The van der Waals surface area contributed by atoms with Crippen LogP contribution in [0.5, 0.6) is 5.75 Å². The predicted octanol–water partition coefficient (Wildman–Crippen LogP) is 3.86. The van der Waals surface area contributed by atoms with Crippen molar-refractivity contribution in [2.24, 2.45) is 0 Å². The molecule has 3 heteroatoms. The van der Waals surface area contributed by atoms with Gasteiger partial charge < -0.3 is 10.1 Å². The molecule has 0 aliphatic heterocycles. The summed E-state index contributed by atoms with van der Waals surface area (Å²) in [6, 6.07) is 9.57.